The minimum absolute atomic E-state index is 0.0784. The molecule has 19 heavy (non-hydrogen) atoms. The predicted molar refractivity (Wildman–Crippen MR) is 77.7 cm³/mol. The highest BCUT2D eigenvalue weighted by Gasteiger charge is 2.40. The van der Waals surface area contributed by atoms with Crippen molar-refractivity contribution in [3.63, 3.8) is 0 Å². The maximum absolute atomic E-state index is 10.4. The Morgan fingerprint density at radius 2 is 2.21 bits per heavy atom. The Labute approximate surface area is 116 Å². The summed E-state index contributed by atoms with van der Waals surface area (Å²) in [5, 5.41) is 10.4. The molecule has 0 amide bonds. The molecule has 2 atom stereocenters. The fourth-order valence-electron chi connectivity index (χ4n) is 3.05. The summed E-state index contributed by atoms with van der Waals surface area (Å²) >= 11 is 0. The first-order valence-electron chi connectivity index (χ1n) is 7.33. The topological polar surface area (TPSA) is 36.4 Å². The van der Waals surface area contributed by atoms with E-state index >= 15 is 0 Å². The Bertz CT molecular complexity index is 391. The minimum Gasteiger partial charge on any atom is -0.392 e. The predicted octanol–water partition coefficient (Wildman–Crippen LogP) is 2.70. The molecule has 1 aromatic heterocycles. The van der Waals surface area contributed by atoms with Crippen LogP contribution < -0.4 is 0 Å². The van der Waals surface area contributed by atoms with Crippen LogP contribution in [0.2, 0.25) is 0 Å². The first kappa shape index (κ1) is 14.5. The molecule has 1 aliphatic rings. The van der Waals surface area contributed by atoms with E-state index in [9.17, 15) is 5.11 Å². The summed E-state index contributed by atoms with van der Waals surface area (Å²) < 4.78 is 0. The molecule has 3 nitrogen and oxygen atoms in total. The third kappa shape index (κ3) is 3.54. The molecule has 106 valence electrons. The lowest BCUT2D eigenvalue weighted by molar-refractivity contribution is 0.0321. The molecule has 0 bridgehead atoms. The van der Waals surface area contributed by atoms with Crippen molar-refractivity contribution in [2.45, 2.75) is 46.3 Å². The van der Waals surface area contributed by atoms with Crippen LogP contribution in [-0.4, -0.2) is 34.2 Å². The number of hydrogen-bond acceptors (Lipinski definition) is 3. The van der Waals surface area contributed by atoms with E-state index in [4.69, 9.17) is 0 Å². The monoisotopic (exact) mass is 262 g/mol. The maximum atomic E-state index is 10.4. The van der Waals surface area contributed by atoms with E-state index in [-0.39, 0.29) is 11.5 Å². The van der Waals surface area contributed by atoms with Crippen molar-refractivity contribution in [2.24, 2.45) is 11.3 Å². The summed E-state index contributed by atoms with van der Waals surface area (Å²) in [4.78, 5) is 6.77. The number of pyridine rings is 1. The Morgan fingerprint density at radius 3 is 2.74 bits per heavy atom. The number of aromatic nitrogens is 1. The van der Waals surface area contributed by atoms with Gasteiger partial charge in [0.15, 0.2) is 0 Å². The van der Waals surface area contributed by atoms with Crippen molar-refractivity contribution in [1.29, 1.82) is 0 Å². The van der Waals surface area contributed by atoms with Crippen LogP contribution in [0, 0.1) is 11.3 Å². The summed E-state index contributed by atoms with van der Waals surface area (Å²) in [6, 6.07) is 6.05. The van der Waals surface area contributed by atoms with Crippen molar-refractivity contribution in [3.8, 4) is 0 Å². The van der Waals surface area contributed by atoms with Crippen LogP contribution in [0.3, 0.4) is 0 Å². The zero-order valence-corrected chi connectivity index (χ0v) is 12.3. The fourth-order valence-corrected chi connectivity index (χ4v) is 3.05. The molecule has 2 unspecified atom stereocenters. The highest BCUT2D eigenvalue weighted by molar-refractivity contribution is 5.03. The van der Waals surface area contributed by atoms with Gasteiger partial charge in [-0.25, -0.2) is 0 Å². The SMILES string of the molecule is CCN(Cc1ccccn1)CC1CCC(C)(C)C1O. The van der Waals surface area contributed by atoms with Gasteiger partial charge in [-0.2, -0.15) is 0 Å². The molecule has 0 radical (unpaired) electrons. The zero-order valence-electron chi connectivity index (χ0n) is 12.3. The minimum atomic E-state index is -0.176. The molecule has 3 heteroatoms. The number of nitrogens with zero attached hydrogens (tertiary/aromatic N) is 2. The average molecular weight is 262 g/mol. The Balaban J connectivity index is 1.93. The van der Waals surface area contributed by atoms with Gasteiger partial charge in [-0.1, -0.05) is 26.8 Å². The van der Waals surface area contributed by atoms with Gasteiger partial charge >= 0.3 is 0 Å². The lowest BCUT2D eigenvalue weighted by Crippen LogP contribution is -2.36. The van der Waals surface area contributed by atoms with E-state index < -0.39 is 0 Å². The molecule has 1 saturated carbocycles. The molecular weight excluding hydrogens is 236 g/mol. The third-order valence-electron chi connectivity index (χ3n) is 4.46. The van der Waals surface area contributed by atoms with Gasteiger partial charge in [0.05, 0.1) is 11.8 Å². The van der Waals surface area contributed by atoms with Crippen molar-refractivity contribution < 1.29 is 5.11 Å². The standard InChI is InChI=1S/C16H26N2O/c1-4-18(12-14-7-5-6-10-17-14)11-13-8-9-16(2,3)15(13)19/h5-7,10,13,15,19H,4,8-9,11-12H2,1-3H3. The summed E-state index contributed by atoms with van der Waals surface area (Å²) in [5.74, 6) is 0.402. The summed E-state index contributed by atoms with van der Waals surface area (Å²) in [6.07, 6.45) is 3.93. The highest BCUT2D eigenvalue weighted by Crippen LogP contribution is 2.41. The second kappa shape index (κ2) is 6.02. The van der Waals surface area contributed by atoms with Crippen LogP contribution >= 0.6 is 0 Å². The fraction of sp³-hybridized carbons (Fsp3) is 0.688. The summed E-state index contributed by atoms with van der Waals surface area (Å²) in [6.45, 7) is 9.37. The second-order valence-corrected chi connectivity index (χ2v) is 6.38. The van der Waals surface area contributed by atoms with Crippen LogP contribution in [0.1, 0.15) is 39.3 Å². The number of hydrogen-bond donors (Lipinski definition) is 1. The zero-order chi connectivity index (χ0) is 13.9. The molecule has 0 saturated heterocycles. The molecule has 2 rings (SSSR count). The first-order valence-corrected chi connectivity index (χ1v) is 7.33. The van der Waals surface area contributed by atoms with Crippen molar-refractivity contribution in [2.75, 3.05) is 13.1 Å². The third-order valence-corrected chi connectivity index (χ3v) is 4.46. The smallest absolute Gasteiger partial charge is 0.0631 e. The van der Waals surface area contributed by atoms with Crippen molar-refractivity contribution >= 4 is 0 Å². The Morgan fingerprint density at radius 1 is 1.42 bits per heavy atom. The largest absolute Gasteiger partial charge is 0.392 e. The normalized spacial score (nSPS) is 25.9. The van der Waals surface area contributed by atoms with E-state index in [1.807, 2.05) is 18.3 Å². The van der Waals surface area contributed by atoms with Gasteiger partial charge in [0.1, 0.15) is 0 Å². The molecule has 0 aliphatic heterocycles. The summed E-state index contributed by atoms with van der Waals surface area (Å²) in [5.41, 5.74) is 1.19. The maximum Gasteiger partial charge on any atom is 0.0631 e. The van der Waals surface area contributed by atoms with Gasteiger partial charge in [0, 0.05) is 19.3 Å². The highest BCUT2D eigenvalue weighted by atomic mass is 16.3. The molecule has 1 N–H and O–H groups in total. The molecule has 1 aromatic rings. The molecule has 1 heterocycles. The lowest BCUT2D eigenvalue weighted by Gasteiger charge is -2.29. The van der Waals surface area contributed by atoms with E-state index in [1.165, 1.54) is 0 Å². The van der Waals surface area contributed by atoms with E-state index in [1.54, 1.807) is 0 Å². The Hall–Kier alpha value is -0.930. The van der Waals surface area contributed by atoms with Gasteiger partial charge < -0.3 is 5.11 Å². The van der Waals surface area contributed by atoms with Crippen molar-refractivity contribution in [3.05, 3.63) is 30.1 Å². The van der Waals surface area contributed by atoms with Crippen LogP contribution in [0.25, 0.3) is 0 Å². The molecule has 1 fully saturated rings. The second-order valence-electron chi connectivity index (χ2n) is 6.38. The van der Waals surface area contributed by atoms with Gasteiger partial charge in [-0.05, 0) is 42.9 Å². The molecule has 1 aliphatic carbocycles. The van der Waals surface area contributed by atoms with Gasteiger partial charge in [0.25, 0.3) is 0 Å². The van der Waals surface area contributed by atoms with Gasteiger partial charge in [0.2, 0.25) is 0 Å². The molecule has 0 aromatic carbocycles. The quantitative estimate of drug-likeness (QED) is 0.886. The van der Waals surface area contributed by atoms with E-state index in [0.717, 1.165) is 38.2 Å². The molecular formula is C16H26N2O. The average Bonchev–Trinajstić information content (AvgIpc) is 2.66. The van der Waals surface area contributed by atoms with Crippen molar-refractivity contribution in [1.82, 2.24) is 9.88 Å². The van der Waals surface area contributed by atoms with Gasteiger partial charge in [-0.3, -0.25) is 9.88 Å². The van der Waals surface area contributed by atoms with E-state index in [0.29, 0.717) is 5.92 Å². The van der Waals surface area contributed by atoms with Crippen LogP contribution in [0.15, 0.2) is 24.4 Å². The molecule has 0 spiro atoms. The lowest BCUT2D eigenvalue weighted by atomic mass is 9.87. The number of aliphatic hydroxyl groups is 1. The van der Waals surface area contributed by atoms with Crippen LogP contribution in [0.4, 0.5) is 0 Å². The number of aliphatic hydroxyl groups excluding tert-OH is 1. The van der Waals surface area contributed by atoms with Crippen LogP contribution in [-0.2, 0) is 6.54 Å². The first-order chi connectivity index (χ1) is 9.03. The summed E-state index contributed by atoms with van der Waals surface area (Å²) in [7, 11) is 0. The van der Waals surface area contributed by atoms with Crippen LogP contribution in [0.5, 0.6) is 0 Å². The Kier molecular flexibility index (Phi) is 4.58. The number of rotatable bonds is 5. The van der Waals surface area contributed by atoms with E-state index in [2.05, 4.69) is 36.7 Å². The van der Waals surface area contributed by atoms with Gasteiger partial charge in [-0.15, -0.1) is 0 Å².